The number of halogens is 2. The second kappa shape index (κ2) is 8.02. The molecule has 1 N–H and O–H groups in total. The van der Waals surface area contributed by atoms with Gasteiger partial charge < -0.3 is 10.1 Å². The van der Waals surface area contributed by atoms with Crippen molar-refractivity contribution in [3.8, 4) is 0 Å². The van der Waals surface area contributed by atoms with Crippen LogP contribution in [-0.2, 0) is 9.53 Å². The van der Waals surface area contributed by atoms with Gasteiger partial charge in [0.15, 0.2) is 0 Å². The van der Waals surface area contributed by atoms with Crippen molar-refractivity contribution in [1.29, 1.82) is 0 Å². The second-order valence-corrected chi connectivity index (χ2v) is 4.76. The third kappa shape index (κ3) is 5.49. The van der Waals surface area contributed by atoms with E-state index in [0.29, 0.717) is 41.4 Å². The minimum Gasteiger partial charge on any atom is -0.469 e. The molecule has 0 fully saturated rings. The van der Waals surface area contributed by atoms with Crippen LogP contribution in [0.3, 0.4) is 0 Å². The summed E-state index contributed by atoms with van der Waals surface area (Å²) in [5.74, 6) is -0.494. The van der Waals surface area contributed by atoms with Crippen molar-refractivity contribution in [2.24, 2.45) is 0 Å². The predicted molar refractivity (Wildman–Crippen MR) is 74.7 cm³/mol. The molecule has 1 aromatic carbocycles. The van der Waals surface area contributed by atoms with Crippen LogP contribution in [0.4, 0.5) is 0 Å². The molecule has 0 radical (unpaired) electrons. The molecular weight excluding hydrogens is 289 g/mol. The van der Waals surface area contributed by atoms with Gasteiger partial charge in [-0.1, -0.05) is 23.2 Å². The molecule has 0 aliphatic heterocycles. The van der Waals surface area contributed by atoms with Gasteiger partial charge in [0, 0.05) is 18.0 Å². The largest absolute Gasteiger partial charge is 0.469 e. The molecule has 1 amide bonds. The van der Waals surface area contributed by atoms with Crippen molar-refractivity contribution in [3.63, 3.8) is 0 Å². The summed E-state index contributed by atoms with van der Waals surface area (Å²) in [6.45, 7) is 0.481. The summed E-state index contributed by atoms with van der Waals surface area (Å²) in [6, 6.07) is 4.71. The standard InChI is InChI=1S/C13H15Cl2NO3/c1-19-12(17)4-2-3-7-16-13(18)10-6-5-9(14)8-11(10)15/h5-6,8H,2-4,7H2,1H3,(H,16,18). The number of hydrogen-bond donors (Lipinski definition) is 1. The average molecular weight is 304 g/mol. The molecule has 19 heavy (non-hydrogen) atoms. The van der Waals surface area contributed by atoms with Crippen LogP contribution in [0.15, 0.2) is 18.2 Å². The topological polar surface area (TPSA) is 55.4 Å². The van der Waals surface area contributed by atoms with Gasteiger partial charge in [-0.05, 0) is 31.0 Å². The summed E-state index contributed by atoms with van der Waals surface area (Å²) in [4.78, 5) is 22.7. The number of ether oxygens (including phenoxy) is 1. The van der Waals surface area contributed by atoms with Crippen molar-refractivity contribution in [2.75, 3.05) is 13.7 Å². The first kappa shape index (κ1) is 15.8. The molecule has 1 aromatic rings. The predicted octanol–water partition coefficient (Wildman–Crippen LogP) is 3.07. The highest BCUT2D eigenvalue weighted by molar-refractivity contribution is 6.36. The van der Waals surface area contributed by atoms with E-state index in [9.17, 15) is 9.59 Å². The Morgan fingerprint density at radius 2 is 2.00 bits per heavy atom. The van der Waals surface area contributed by atoms with Crippen LogP contribution in [0.5, 0.6) is 0 Å². The monoisotopic (exact) mass is 303 g/mol. The van der Waals surface area contributed by atoms with E-state index in [1.54, 1.807) is 12.1 Å². The van der Waals surface area contributed by atoms with Gasteiger partial charge in [-0.3, -0.25) is 9.59 Å². The Morgan fingerprint density at radius 3 is 2.63 bits per heavy atom. The highest BCUT2D eigenvalue weighted by atomic mass is 35.5. The van der Waals surface area contributed by atoms with E-state index in [1.807, 2.05) is 0 Å². The Balaban J connectivity index is 2.33. The third-order valence-electron chi connectivity index (χ3n) is 2.50. The number of carbonyl (C=O) groups is 2. The number of rotatable bonds is 6. The molecule has 0 aromatic heterocycles. The van der Waals surface area contributed by atoms with Crippen LogP contribution in [0, 0.1) is 0 Å². The van der Waals surface area contributed by atoms with Crippen LogP contribution in [0.1, 0.15) is 29.6 Å². The van der Waals surface area contributed by atoms with Gasteiger partial charge >= 0.3 is 5.97 Å². The first-order chi connectivity index (χ1) is 9.04. The van der Waals surface area contributed by atoms with Gasteiger partial charge in [0.05, 0.1) is 17.7 Å². The third-order valence-corrected chi connectivity index (χ3v) is 3.04. The fourth-order valence-corrected chi connectivity index (χ4v) is 1.96. The minimum atomic E-state index is -0.250. The van der Waals surface area contributed by atoms with Gasteiger partial charge in [0.1, 0.15) is 0 Å². The number of esters is 1. The fraction of sp³-hybridized carbons (Fsp3) is 0.385. The van der Waals surface area contributed by atoms with Gasteiger partial charge in [0.25, 0.3) is 5.91 Å². The van der Waals surface area contributed by atoms with E-state index in [4.69, 9.17) is 23.2 Å². The SMILES string of the molecule is COC(=O)CCCCNC(=O)c1ccc(Cl)cc1Cl. The maximum absolute atomic E-state index is 11.8. The molecule has 0 saturated heterocycles. The summed E-state index contributed by atoms with van der Waals surface area (Å²) in [6.07, 6.45) is 1.72. The fourth-order valence-electron chi connectivity index (χ4n) is 1.47. The summed E-state index contributed by atoms with van der Waals surface area (Å²) < 4.78 is 4.52. The van der Waals surface area contributed by atoms with Crippen molar-refractivity contribution in [3.05, 3.63) is 33.8 Å². The first-order valence-corrected chi connectivity index (χ1v) is 6.60. The summed E-state index contributed by atoms with van der Waals surface area (Å²) in [7, 11) is 1.35. The van der Waals surface area contributed by atoms with Crippen molar-refractivity contribution in [1.82, 2.24) is 5.32 Å². The van der Waals surface area contributed by atoms with Crippen LogP contribution in [-0.4, -0.2) is 25.5 Å². The van der Waals surface area contributed by atoms with Crippen molar-refractivity contribution >= 4 is 35.1 Å². The van der Waals surface area contributed by atoms with E-state index in [1.165, 1.54) is 13.2 Å². The zero-order valence-electron chi connectivity index (χ0n) is 10.5. The van der Waals surface area contributed by atoms with Gasteiger partial charge in [-0.2, -0.15) is 0 Å². The average Bonchev–Trinajstić information content (AvgIpc) is 2.37. The molecule has 0 atom stereocenters. The normalized spacial score (nSPS) is 10.1. The lowest BCUT2D eigenvalue weighted by molar-refractivity contribution is -0.140. The van der Waals surface area contributed by atoms with Crippen LogP contribution < -0.4 is 5.32 Å². The molecule has 0 unspecified atom stereocenters. The molecule has 0 saturated carbocycles. The summed E-state index contributed by atoms with van der Waals surface area (Å²) >= 11 is 11.7. The number of amides is 1. The lowest BCUT2D eigenvalue weighted by atomic mass is 10.2. The maximum Gasteiger partial charge on any atom is 0.305 e. The van der Waals surface area contributed by atoms with Crippen LogP contribution >= 0.6 is 23.2 Å². The molecule has 6 heteroatoms. The summed E-state index contributed by atoms with van der Waals surface area (Å²) in [5.41, 5.74) is 0.388. The first-order valence-electron chi connectivity index (χ1n) is 5.84. The molecule has 0 spiro atoms. The highest BCUT2D eigenvalue weighted by Gasteiger charge is 2.09. The molecule has 104 valence electrons. The van der Waals surface area contributed by atoms with Crippen molar-refractivity contribution < 1.29 is 14.3 Å². The summed E-state index contributed by atoms with van der Waals surface area (Å²) in [5, 5.41) is 3.54. The number of methoxy groups -OCH3 is 1. The Bertz CT molecular complexity index is 463. The quantitative estimate of drug-likeness (QED) is 0.649. The molecular formula is C13H15Cl2NO3. The van der Waals surface area contributed by atoms with Crippen LogP contribution in [0.25, 0.3) is 0 Å². The lowest BCUT2D eigenvalue weighted by Crippen LogP contribution is -2.24. The van der Waals surface area contributed by atoms with E-state index in [2.05, 4.69) is 10.1 Å². The molecule has 0 aliphatic carbocycles. The molecule has 0 aliphatic rings. The Kier molecular flexibility index (Phi) is 6.67. The van der Waals surface area contributed by atoms with Gasteiger partial charge in [0.2, 0.25) is 0 Å². The Hall–Kier alpha value is -1.26. The number of nitrogens with one attached hydrogen (secondary N) is 1. The second-order valence-electron chi connectivity index (χ2n) is 3.91. The molecule has 0 bridgehead atoms. The van der Waals surface area contributed by atoms with Crippen LogP contribution in [0.2, 0.25) is 10.0 Å². The zero-order valence-corrected chi connectivity index (χ0v) is 12.1. The lowest BCUT2D eigenvalue weighted by Gasteiger charge is -2.06. The number of benzene rings is 1. The van der Waals surface area contributed by atoms with Crippen molar-refractivity contribution in [2.45, 2.75) is 19.3 Å². The smallest absolute Gasteiger partial charge is 0.305 e. The minimum absolute atomic E-state index is 0.243. The van der Waals surface area contributed by atoms with E-state index >= 15 is 0 Å². The van der Waals surface area contributed by atoms with E-state index in [0.717, 1.165) is 0 Å². The Labute approximate surface area is 122 Å². The molecule has 0 heterocycles. The number of hydrogen-bond acceptors (Lipinski definition) is 3. The molecule has 4 nitrogen and oxygen atoms in total. The zero-order chi connectivity index (χ0) is 14.3. The Morgan fingerprint density at radius 1 is 1.26 bits per heavy atom. The molecule has 1 rings (SSSR count). The highest BCUT2D eigenvalue weighted by Crippen LogP contribution is 2.20. The number of carbonyl (C=O) groups excluding carboxylic acids is 2. The van der Waals surface area contributed by atoms with Gasteiger partial charge in [-0.15, -0.1) is 0 Å². The van der Waals surface area contributed by atoms with Gasteiger partial charge in [-0.25, -0.2) is 0 Å². The number of unbranched alkanes of at least 4 members (excludes halogenated alkanes) is 1. The van der Waals surface area contributed by atoms with E-state index in [-0.39, 0.29) is 11.9 Å². The van der Waals surface area contributed by atoms with E-state index < -0.39 is 0 Å². The maximum atomic E-state index is 11.8.